The lowest BCUT2D eigenvalue weighted by molar-refractivity contribution is -0.253. The van der Waals surface area contributed by atoms with Crippen LogP contribution in [0.2, 0.25) is 5.02 Å². The number of anilines is 1. The van der Waals surface area contributed by atoms with E-state index in [0.717, 1.165) is 22.1 Å². The van der Waals surface area contributed by atoms with E-state index in [0.29, 0.717) is 60.7 Å². The highest BCUT2D eigenvalue weighted by molar-refractivity contribution is 7.93. The number of pyridine rings is 1. The van der Waals surface area contributed by atoms with Crippen LogP contribution in [0.15, 0.2) is 114 Å². The molecule has 0 spiro atoms. The van der Waals surface area contributed by atoms with Gasteiger partial charge in [0.15, 0.2) is 6.29 Å². The number of aliphatic hydroxyl groups excluding tert-OH is 1. The van der Waals surface area contributed by atoms with Gasteiger partial charge in [0, 0.05) is 53.9 Å². The first kappa shape index (κ1) is 33.6. The molecule has 2 saturated heterocycles. The molecule has 4 aromatic carbocycles. The summed E-state index contributed by atoms with van der Waals surface area (Å²) in [4.78, 5) is 6.72. The lowest BCUT2D eigenvalue weighted by Gasteiger charge is -2.42. The van der Waals surface area contributed by atoms with E-state index in [1.807, 2.05) is 66.7 Å². The summed E-state index contributed by atoms with van der Waals surface area (Å²) in [5.74, 6) is 0. The van der Waals surface area contributed by atoms with E-state index in [2.05, 4.69) is 14.6 Å². The zero-order valence-corrected chi connectivity index (χ0v) is 28.4. The minimum Gasteiger partial charge on any atom is -0.392 e. The number of nitrogens with zero attached hydrogens (tertiary/aromatic N) is 2. The molecule has 1 aromatic heterocycles. The number of para-hydroxylation sites is 1. The smallest absolute Gasteiger partial charge is 0.264 e. The maximum atomic E-state index is 13.6. The van der Waals surface area contributed by atoms with Crippen LogP contribution in [0.25, 0.3) is 10.9 Å². The van der Waals surface area contributed by atoms with Gasteiger partial charge >= 0.3 is 0 Å². The van der Waals surface area contributed by atoms with E-state index in [-0.39, 0.29) is 23.7 Å². The lowest BCUT2D eigenvalue weighted by Crippen LogP contribution is -2.46. The summed E-state index contributed by atoms with van der Waals surface area (Å²) in [6.07, 6.45) is 2.09. The number of rotatable bonds is 9. The molecule has 11 heteroatoms. The number of piperidine rings is 1. The van der Waals surface area contributed by atoms with Crippen LogP contribution in [0.3, 0.4) is 0 Å². The quantitative estimate of drug-likeness (QED) is 0.155. The van der Waals surface area contributed by atoms with Crippen LogP contribution in [0, 0.1) is 0 Å². The van der Waals surface area contributed by atoms with E-state index >= 15 is 0 Å². The molecule has 3 unspecified atom stereocenters. The third-order valence-corrected chi connectivity index (χ3v) is 11.1. The Hall–Kier alpha value is -3.87. The molecule has 0 aliphatic carbocycles. The highest BCUT2D eigenvalue weighted by Gasteiger charge is 2.37. The normalized spacial score (nSPS) is 21.4. The summed E-state index contributed by atoms with van der Waals surface area (Å²) >= 11 is 6.08. The molecule has 7 rings (SSSR count). The van der Waals surface area contributed by atoms with Crippen molar-refractivity contribution < 1.29 is 28.1 Å². The van der Waals surface area contributed by atoms with Gasteiger partial charge in [0.25, 0.3) is 10.0 Å². The van der Waals surface area contributed by atoms with Crippen molar-refractivity contribution in [2.75, 3.05) is 24.4 Å². The predicted octanol–water partition coefficient (Wildman–Crippen LogP) is 6.71. The number of hydrogen-bond acceptors (Lipinski definition) is 8. The summed E-state index contributed by atoms with van der Waals surface area (Å²) in [6, 6.07) is 30.9. The van der Waals surface area contributed by atoms with Gasteiger partial charge in [-0.25, -0.2) is 8.42 Å². The number of benzene rings is 4. The molecule has 3 heterocycles. The van der Waals surface area contributed by atoms with Crippen molar-refractivity contribution in [2.45, 2.75) is 54.9 Å². The second-order valence-corrected chi connectivity index (χ2v) is 14.8. The van der Waals surface area contributed by atoms with Crippen molar-refractivity contribution >= 4 is 38.2 Å². The topological polar surface area (TPSA) is 121 Å². The third-order valence-electron chi connectivity index (χ3n) is 9.44. The Labute approximate surface area is 291 Å². The van der Waals surface area contributed by atoms with Crippen molar-refractivity contribution in [1.29, 1.82) is 0 Å². The number of ether oxygens (including phenoxy) is 2. The minimum absolute atomic E-state index is 0.0466. The molecule has 2 aliphatic rings. The first-order valence-electron chi connectivity index (χ1n) is 16.4. The van der Waals surface area contributed by atoms with Crippen LogP contribution < -0.4 is 4.72 Å². The molecule has 0 radical (unpaired) electrons. The molecule has 49 heavy (non-hydrogen) atoms. The van der Waals surface area contributed by atoms with Gasteiger partial charge in [0.2, 0.25) is 0 Å². The molecule has 3 atom stereocenters. The highest BCUT2D eigenvalue weighted by atomic mass is 35.5. The van der Waals surface area contributed by atoms with E-state index in [9.17, 15) is 18.6 Å². The summed E-state index contributed by atoms with van der Waals surface area (Å²) < 4.78 is 43.0. The highest BCUT2D eigenvalue weighted by Crippen LogP contribution is 2.40. The Morgan fingerprint density at radius 1 is 0.898 bits per heavy atom. The molecule has 254 valence electrons. The van der Waals surface area contributed by atoms with E-state index < -0.39 is 21.9 Å². The van der Waals surface area contributed by atoms with Gasteiger partial charge in [0.05, 0.1) is 29.9 Å². The van der Waals surface area contributed by atoms with Crippen molar-refractivity contribution in [1.82, 2.24) is 9.88 Å². The molecule has 9 nitrogen and oxygen atoms in total. The Balaban J connectivity index is 1.10. The van der Waals surface area contributed by atoms with Gasteiger partial charge in [-0.2, -0.15) is 0 Å². The zero-order valence-electron chi connectivity index (χ0n) is 26.8. The SMILES string of the molecule is O=S(=O)(Nc1cccc(C2OC(CN3CCC(O)(c4ccc(Cl)cc4)CC3)CC(c3ccc(CO)cc3)O2)c1)c1cccc2cccnc12. The number of halogens is 1. The summed E-state index contributed by atoms with van der Waals surface area (Å²) in [5.41, 5.74) is 3.19. The Morgan fingerprint density at radius 3 is 2.39 bits per heavy atom. The Bertz CT molecular complexity index is 2010. The van der Waals surface area contributed by atoms with Crippen molar-refractivity contribution in [3.8, 4) is 0 Å². The number of likely N-dealkylation sites (tertiary alicyclic amines) is 1. The molecule has 0 bridgehead atoms. The maximum absolute atomic E-state index is 13.6. The van der Waals surface area contributed by atoms with Gasteiger partial charge in [-0.15, -0.1) is 0 Å². The van der Waals surface area contributed by atoms with Crippen molar-refractivity contribution in [2.24, 2.45) is 0 Å². The lowest BCUT2D eigenvalue weighted by atomic mass is 9.84. The first-order valence-corrected chi connectivity index (χ1v) is 18.2. The van der Waals surface area contributed by atoms with Gasteiger partial charge in [-0.05, 0) is 65.9 Å². The zero-order chi connectivity index (χ0) is 34.0. The van der Waals surface area contributed by atoms with Crippen LogP contribution in [0.4, 0.5) is 5.69 Å². The fourth-order valence-electron chi connectivity index (χ4n) is 6.73. The standard InChI is InChI=1S/C38H38ClN3O6S/c39-31-15-13-30(14-16-31)38(44)17-20-42(21-18-38)24-33-23-34(27-11-9-26(25-43)10-12-27)48-37(47-33)29-5-1-7-32(22-29)41-49(45,46)35-8-2-4-28-6-3-19-40-36(28)35/h1-16,19,22,33-34,37,41,43-44H,17-18,20-21,23-25H2. The summed E-state index contributed by atoms with van der Waals surface area (Å²) in [5, 5.41) is 22.4. The summed E-state index contributed by atoms with van der Waals surface area (Å²) in [6.45, 7) is 1.98. The fraction of sp³-hybridized carbons (Fsp3) is 0.289. The Morgan fingerprint density at radius 2 is 1.63 bits per heavy atom. The van der Waals surface area contributed by atoms with E-state index in [1.54, 1.807) is 42.6 Å². The van der Waals surface area contributed by atoms with Crippen LogP contribution in [0.5, 0.6) is 0 Å². The van der Waals surface area contributed by atoms with Crippen LogP contribution >= 0.6 is 11.6 Å². The van der Waals surface area contributed by atoms with Crippen LogP contribution in [-0.4, -0.2) is 54.3 Å². The molecule has 2 fully saturated rings. The van der Waals surface area contributed by atoms with Crippen molar-refractivity contribution in [3.63, 3.8) is 0 Å². The number of aliphatic hydroxyl groups is 2. The van der Waals surface area contributed by atoms with E-state index in [1.165, 1.54) is 0 Å². The molecular weight excluding hydrogens is 662 g/mol. The number of hydrogen-bond donors (Lipinski definition) is 3. The second kappa shape index (κ2) is 14.2. The molecule has 2 aliphatic heterocycles. The van der Waals surface area contributed by atoms with Gasteiger partial charge < -0.3 is 24.6 Å². The number of aromatic nitrogens is 1. The van der Waals surface area contributed by atoms with E-state index in [4.69, 9.17) is 21.1 Å². The monoisotopic (exact) mass is 699 g/mol. The third kappa shape index (κ3) is 7.51. The molecule has 3 N–H and O–H groups in total. The van der Waals surface area contributed by atoms with Crippen LogP contribution in [0.1, 0.15) is 53.9 Å². The number of nitrogens with one attached hydrogen (secondary N) is 1. The molecule has 0 amide bonds. The maximum Gasteiger partial charge on any atom is 0.264 e. The molecule has 5 aromatic rings. The molecular formula is C38H38ClN3O6S. The molecule has 0 saturated carbocycles. The van der Waals surface area contributed by atoms with Gasteiger partial charge in [-0.1, -0.05) is 78.3 Å². The Kier molecular flexibility index (Phi) is 9.72. The second-order valence-electron chi connectivity index (χ2n) is 12.8. The predicted molar refractivity (Wildman–Crippen MR) is 188 cm³/mol. The van der Waals surface area contributed by atoms with Gasteiger partial charge in [-0.3, -0.25) is 9.71 Å². The average molecular weight is 700 g/mol. The minimum atomic E-state index is -3.96. The van der Waals surface area contributed by atoms with Gasteiger partial charge in [0.1, 0.15) is 4.90 Å². The largest absolute Gasteiger partial charge is 0.392 e. The van der Waals surface area contributed by atoms with Crippen LogP contribution in [-0.2, 0) is 31.7 Å². The first-order chi connectivity index (χ1) is 23.7. The van der Waals surface area contributed by atoms with Crippen molar-refractivity contribution in [3.05, 3.63) is 137 Å². The number of fused-ring (bicyclic) bond motifs is 1. The fourth-order valence-corrected chi connectivity index (χ4v) is 8.08. The summed E-state index contributed by atoms with van der Waals surface area (Å²) in [7, 11) is -3.96. The average Bonchev–Trinajstić information content (AvgIpc) is 3.12. The number of sulfonamides is 1.